The number of aromatic nitrogens is 4. The average Bonchev–Trinajstić information content (AvgIpc) is 3.02. The lowest BCUT2D eigenvalue weighted by atomic mass is 10.2. The molecule has 0 fully saturated rings. The van der Waals surface area contributed by atoms with E-state index in [2.05, 4.69) is 36.4 Å². The van der Waals surface area contributed by atoms with Crippen molar-refractivity contribution in [3.63, 3.8) is 0 Å². The van der Waals surface area contributed by atoms with E-state index in [-0.39, 0.29) is 5.91 Å². The summed E-state index contributed by atoms with van der Waals surface area (Å²) in [5.41, 5.74) is 2.34. The maximum absolute atomic E-state index is 12.4. The van der Waals surface area contributed by atoms with Crippen LogP contribution in [0, 0.1) is 6.92 Å². The van der Waals surface area contributed by atoms with Gasteiger partial charge in [0.15, 0.2) is 0 Å². The highest BCUT2D eigenvalue weighted by molar-refractivity contribution is 9.10. The quantitative estimate of drug-likeness (QED) is 0.781. The molecule has 0 radical (unpaired) electrons. The van der Waals surface area contributed by atoms with Gasteiger partial charge in [0.1, 0.15) is 18.5 Å². The van der Waals surface area contributed by atoms with E-state index >= 15 is 0 Å². The maximum Gasteiger partial charge on any atom is 0.258 e. The van der Waals surface area contributed by atoms with Crippen LogP contribution in [0.2, 0.25) is 0 Å². The Hall–Kier alpha value is -2.54. The summed E-state index contributed by atoms with van der Waals surface area (Å²) in [5, 5.41) is 10.3. The molecular weight excluding hydrogens is 346 g/mol. The number of hydrogen-bond acceptors (Lipinski definition) is 4. The molecule has 0 bridgehead atoms. The molecule has 1 amide bonds. The molecule has 0 unspecified atom stereocenters. The molecule has 0 saturated carbocycles. The van der Waals surface area contributed by atoms with Crippen LogP contribution in [0.5, 0.6) is 0 Å². The average molecular weight is 358 g/mol. The van der Waals surface area contributed by atoms with Crippen molar-refractivity contribution in [2.75, 3.05) is 5.32 Å². The Morgan fingerprint density at radius 3 is 2.68 bits per heavy atom. The van der Waals surface area contributed by atoms with Gasteiger partial charge in [-0.2, -0.15) is 0 Å². The molecule has 1 aromatic carbocycles. The van der Waals surface area contributed by atoms with Crippen LogP contribution in [0.15, 0.2) is 53.7 Å². The summed E-state index contributed by atoms with van der Waals surface area (Å²) in [6, 6.07) is 9.13. The largest absolute Gasteiger partial charge is 0.307 e. The smallest absolute Gasteiger partial charge is 0.258 e. The zero-order chi connectivity index (χ0) is 15.5. The first-order valence-corrected chi connectivity index (χ1v) is 7.31. The molecule has 0 spiro atoms. The molecule has 3 aromatic rings. The zero-order valence-corrected chi connectivity index (χ0v) is 13.3. The van der Waals surface area contributed by atoms with E-state index in [9.17, 15) is 4.79 Å². The van der Waals surface area contributed by atoms with E-state index in [4.69, 9.17) is 0 Å². The number of benzene rings is 1. The molecule has 0 atom stereocenters. The van der Waals surface area contributed by atoms with Gasteiger partial charge in [-0.25, -0.2) is 4.98 Å². The highest BCUT2D eigenvalue weighted by atomic mass is 79.9. The highest BCUT2D eigenvalue weighted by Crippen LogP contribution is 2.21. The zero-order valence-electron chi connectivity index (χ0n) is 11.7. The lowest BCUT2D eigenvalue weighted by Crippen LogP contribution is -2.14. The lowest BCUT2D eigenvalue weighted by molar-refractivity contribution is 0.102. The molecule has 7 heteroatoms. The van der Waals surface area contributed by atoms with Crippen molar-refractivity contribution in [1.29, 1.82) is 0 Å². The van der Waals surface area contributed by atoms with Crippen LogP contribution in [-0.4, -0.2) is 25.7 Å². The fourth-order valence-electron chi connectivity index (χ4n) is 1.97. The number of carbonyl (C=O) groups excluding carboxylic acids is 1. The number of hydrogen-bond donors (Lipinski definition) is 1. The summed E-state index contributed by atoms with van der Waals surface area (Å²) in [4.78, 5) is 16.6. The number of nitrogens with zero attached hydrogens (tertiary/aromatic N) is 4. The predicted molar refractivity (Wildman–Crippen MR) is 86.0 cm³/mol. The van der Waals surface area contributed by atoms with Crippen molar-refractivity contribution in [1.82, 2.24) is 19.7 Å². The van der Waals surface area contributed by atoms with E-state index in [0.717, 1.165) is 11.3 Å². The third-order valence-corrected chi connectivity index (χ3v) is 3.76. The molecule has 110 valence electrons. The number of amides is 1. The van der Waals surface area contributed by atoms with Crippen LogP contribution in [0.3, 0.4) is 0 Å². The second kappa shape index (κ2) is 6.07. The summed E-state index contributed by atoms with van der Waals surface area (Å²) in [6.45, 7) is 1.94. The van der Waals surface area contributed by atoms with Gasteiger partial charge in [0, 0.05) is 16.4 Å². The van der Waals surface area contributed by atoms with E-state index in [1.807, 2.05) is 31.2 Å². The Morgan fingerprint density at radius 1 is 1.18 bits per heavy atom. The van der Waals surface area contributed by atoms with E-state index in [1.54, 1.807) is 29.5 Å². The van der Waals surface area contributed by atoms with Gasteiger partial charge in [-0.3, -0.25) is 9.36 Å². The van der Waals surface area contributed by atoms with Crippen molar-refractivity contribution < 1.29 is 4.79 Å². The molecule has 22 heavy (non-hydrogen) atoms. The Morgan fingerprint density at radius 2 is 1.95 bits per heavy atom. The minimum atomic E-state index is -0.236. The molecule has 0 aliphatic heterocycles. The third kappa shape index (κ3) is 3.04. The van der Waals surface area contributed by atoms with Crippen molar-refractivity contribution in [2.45, 2.75) is 6.92 Å². The number of anilines is 1. The molecule has 0 aliphatic carbocycles. The molecule has 2 aromatic heterocycles. The van der Waals surface area contributed by atoms with Gasteiger partial charge in [-0.1, -0.05) is 0 Å². The first-order chi connectivity index (χ1) is 10.6. The number of rotatable bonds is 3. The topological polar surface area (TPSA) is 72.7 Å². The molecule has 0 aliphatic rings. The minimum absolute atomic E-state index is 0.236. The fourth-order valence-corrected chi connectivity index (χ4v) is 2.40. The summed E-state index contributed by atoms with van der Waals surface area (Å²) in [5.74, 6) is 0.284. The first-order valence-electron chi connectivity index (χ1n) is 6.52. The highest BCUT2D eigenvalue weighted by Gasteiger charge is 2.12. The van der Waals surface area contributed by atoms with Crippen molar-refractivity contribution in [3.05, 3.63) is 64.8 Å². The van der Waals surface area contributed by atoms with E-state index in [0.29, 0.717) is 15.9 Å². The summed E-state index contributed by atoms with van der Waals surface area (Å²) in [6.07, 6.45) is 4.81. The molecule has 3 rings (SSSR count). The molecular formula is C15H12BrN5O. The maximum atomic E-state index is 12.4. The molecule has 1 N–H and O–H groups in total. The van der Waals surface area contributed by atoms with Gasteiger partial charge < -0.3 is 5.32 Å². The van der Waals surface area contributed by atoms with Gasteiger partial charge >= 0.3 is 0 Å². The number of nitrogens with one attached hydrogen (secondary N) is 1. The first kappa shape index (κ1) is 14.4. The van der Waals surface area contributed by atoms with Crippen LogP contribution in [0.25, 0.3) is 5.69 Å². The van der Waals surface area contributed by atoms with Crippen molar-refractivity contribution in [3.8, 4) is 5.69 Å². The molecule has 0 saturated heterocycles. The monoisotopic (exact) mass is 357 g/mol. The number of aryl methyl sites for hydroxylation is 1. The van der Waals surface area contributed by atoms with Crippen molar-refractivity contribution in [2.24, 2.45) is 0 Å². The van der Waals surface area contributed by atoms with Crippen LogP contribution in [-0.2, 0) is 0 Å². The molecule has 6 nitrogen and oxygen atoms in total. The summed E-state index contributed by atoms with van der Waals surface area (Å²) < 4.78 is 2.43. The van der Waals surface area contributed by atoms with Crippen LogP contribution < -0.4 is 5.32 Å². The van der Waals surface area contributed by atoms with E-state index < -0.39 is 0 Å². The number of carbonyl (C=O) groups is 1. The Balaban J connectivity index is 1.90. The number of pyridine rings is 1. The third-order valence-electron chi connectivity index (χ3n) is 3.07. The van der Waals surface area contributed by atoms with Gasteiger partial charge in [-0.15, -0.1) is 10.2 Å². The predicted octanol–water partition coefficient (Wildman–Crippen LogP) is 2.99. The summed E-state index contributed by atoms with van der Waals surface area (Å²) >= 11 is 3.40. The van der Waals surface area contributed by atoms with Crippen LogP contribution in [0.1, 0.15) is 15.9 Å². The Kier molecular flexibility index (Phi) is 3.97. The van der Waals surface area contributed by atoms with Gasteiger partial charge in [0.05, 0.1) is 5.56 Å². The normalized spacial score (nSPS) is 10.5. The van der Waals surface area contributed by atoms with Crippen LogP contribution in [0.4, 0.5) is 5.82 Å². The second-order valence-corrected chi connectivity index (χ2v) is 5.56. The minimum Gasteiger partial charge on any atom is -0.307 e. The van der Waals surface area contributed by atoms with E-state index in [1.165, 1.54) is 0 Å². The lowest BCUT2D eigenvalue weighted by Gasteiger charge is -2.09. The fraction of sp³-hybridized carbons (Fsp3) is 0.0667. The van der Waals surface area contributed by atoms with Gasteiger partial charge in [0.25, 0.3) is 5.91 Å². The number of halogens is 1. The SMILES string of the molecule is Cc1ccnc(NC(=O)c2cc(-n3cnnc3)ccc2Br)c1. The Bertz CT molecular complexity index is 817. The van der Waals surface area contributed by atoms with Gasteiger partial charge in [-0.05, 0) is 58.7 Å². The van der Waals surface area contributed by atoms with Crippen LogP contribution >= 0.6 is 15.9 Å². The second-order valence-electron chi connectivity index (χ2n) is 4.71. The van der Waals surface area contributed by atoms with Crippen molar-refractivity contribution >= 4 is 27.7 Å². The van der Waals surface area contributed by atoms with Gasteiger partial charge in [0.2, 0.25) is 0 Å². The molecule has 2 heterocycles. The Labute approximate surface area is 135 Å². The standard InChI is InChI=1S/C15H12BrN5O/c1-10-4-5-17-14(6-10)20-15(22)12-7-11(2-3-13(12)16)21-8-18-19-9-21/h2-9H,1H3,(H,17,20,22). The summed E-state index contributed by atoms with van der Waals surface area (Å²) in [7, 11) is 0.